The number of hydrogen-bond acceptors (Lipinski definition) is 1. The first kappa shape index (κ1) is 14.6. The van der Waals surface area contributed by atoms with Gasteiger partial charge in [-0.25, -0.2) is 8.78 Å². The average molecular weight is 437 g/mol. The minimum absolute atomic E-state index is 0.124. The van der Waals surface area contributed by atoms with Gasteiger partial charge in [0, 0.05) is 19.7 Å². The molecule has 0 N–H and O–H groups in total. The molecule has 2 aromatic carbocycles. The Balaban J connectivity index is 2.56. The number of carbonyl (C=O) groups excluding carboxylic acids is 1. The molecular formula is C14H8BrF2IO. The molecule has 0 aliphatic carbocycles. The minimum atomic E-state index is -0.848. The molecule has 0 unspecified atom stereocenters. The lowest BCUT2D eigenvalue weighted by atomic mass is 10.0. The fourth-order valence-corrected chi connectivity index (χ4v) is 2.57. The lowest BCUT2D eigenvalue weighted by molar-refractivity contribution is 0.103. The molecule has 0 atom stereocenters. The summed E-state index contributed by atoms with van der Waals surface area (Å²) in [4.78, 5) is 12.3. The summed E-state index contributed by atoms with van der Waals surface area (Å²) in [7, 11) is 0. The van der Waals surface area contributed by atoms with Gasteiger partial charge in [-0.3, -0.25) is 4.79 Å². The van der Waals surface area contributed by atoms with Crippen LogP contribution in [0.5, 0.6) is 0 Å². The summed E-state index contributed by atoms with van der Waals surface area (Å²) in [6.07, 6.45) is 0. The Morgan fingerprint density at radius 3 is 2.47 bits per heavy atom. The third-order valence-electron chi connectivity index (χ3n) is 2.67. The van der Waals surface area contributed by atoms with E-state index in [1.165, 1.54) is 13.0 Å². The molecule has 0 heterocycles. The maximum absolute atomic E-state index is 13.7. The maximum Gasteiger partial charge on any atom is 0.197 e. The van der Waals surface area contributed by atoms with Gasteiger partial charge in [0.25, 0.3) is 0 Å². The van der Waals surface area contributed by atoms with E-state index in [9.17, 15) is 13.6 Å². The SMILES string of the molecule is Cc1cc(C(=O)c2cc(I)ccc2Br)c(F)cc1F. The van der Waals surface area contributed by atoms with Crippen LogP contribution in [0.3, 0.4) is 0 Å². The topological polar surface area (TPSA) is 17.1 Å². The van der Waals surface area contributed by atoms with Gasteiger partial charge in [0.05, 0.1) is 5.56 Å². The summed E-state index contributed by atoms with van der Waals surface area (Å²) in [5.41, 5.74) is 0.477. The number of rotatable bonds is 2. The first-order valence-electron chi connectivity index (χ1n) is 5.35. The Morgan fingerprint density at radius 1 is 1.11 bits per heavy atom. The second-order valence-electron chi connectivity index (χ2n) is 4.03. The van der Waals surface area contributed by atoms with Gasteiger partial charge in [-0.15, -0.1) is 0 Å². The van der Waals surface area contributed by atoms with Crippen molar-refractivity contribution in [1.82, 2.24) is 0 Å². The van der Waals surface area contributed by atoms with E-state index in [1.807, 2.05) is 6.07 Å². The fraction of sp³-hybridized carbons (Fsp3) is 0.0714. The van der Waals surface area contributed by atoms with Crippen molar-refractivity contribution < 1.29 is 13.6 Å². The highest BCUT2D eigenvalue weighted by atomic mass is 127. The van der Waals surface area contributed by atoms with E-state index in [0.717, 1.165) is 9.64 Å². The number of ketones is 1. The average Bonchev–Trinajstić information content (AvgIpc) is 2.36. The monoisotopic (exact) mass is 436 g/mol. The first-order chi connectivity index (χ1) is 8.90. The fourth-order valence-electron chi connectivity index (χ4n) is 1.65. The van der Waals surface area contributed by atoms with Crippen molar-refractivity contribution in [2.24, 2.45) is 0 Å². The number of halogens is 4. The molecule has 5 heteroatoms. The predicted molar refractivity (Wildman–Crippen MR) is 81.4 cm³/mol. The van der Waals surface area contributed by atoms with Crippen molar-refractivity contribution in [3.05, 3.63) is 66.7 Å². The van der Waals surface area contributed by atoms with Crippen molar-refractivity contribution in [3.8, 4) is 0 Å². The lowest BCUT2D eigenvalue weighted by Gasteiger charge is -2.07. The Morgan fingerprint density at radius 2 is 1.79 bits per heavy atom. The number of hydrogen-bond donors (Lipinski definition) is 0. The number of aryl methyl sites for hydroxylation is 1. The molecule has 0 aliphatic rings. The predicted octanol–water partition coefficient (Wildman–Crippen LogP) is 4.87. The van der Waals surface area contributed by atoms with Crippen molar-refractivity contribution >= 4 is 44.3 Å². The summed E-state index contributed by atoms with van der Waals surface area (Å²) in [5, 5.41) is 0. The molecule has 2 rings (SSSR count). The second kappa shape index (κ2) is 5.66. The lowest BCUT2D eigenvalue weighted by Crippen LogP contribution is -2.07. The quantitative estimate of drug-likeness (QED) is 0.484. The summed E-state index contributed by atoms with van der Waals surface area (Å²) in [5.74, 6) is -1.97. The molecule has 0 aromatic heterocycles. The van der Waals surface area contributed by atoms with Crippen LogP contribution in [-0.4, -0.2) is 5.78 Å². The number of carbonyl (C=O) groups is 1. The normalized spacial score (nSPS) is 10.6. The summed E-state index contributed by atoms with van der Waals surface area (Å²) >= 11 is 5.33. The van der Waals surface area contributed by atoms with Gasteiger partial charge in [0.15, 0.2) is 5.78 Å². The first-order valence-corrected chi connectivity index (χ1v) is 7.22. The summed E-state index contributed by atoms with van der Waals surface area (Å²) < 4.78 is 28.4. The van der Waals surface area contributed by atoms with Gasteiger partial charge in [-0.05, 0) is 59.3 Å². The summed E-state index contributed by atoms with van der Waals surface area (Å²) in [6, 6.07) is 7.19. The molecule has 1 nitrogen and oxygen atoms in total. The van der Waals surface area contributed by atoms with Gasteiger partial charge in [0.1, 0.15) is 11.6 Å². The van der Waals surface area contributed by atoms with E-state index in [4.69, 9.17) is 0 Å². The Hall–Kier alpha value is -0.820. The molecule has 0 amide bonds. The van der Waals surface area contributed by atoms with Gasteiger partial charge < -0.3 is 0 Å². The molecule has 0 radical (unpaired) electrons. The second-order valence-corrected chi connectivity index (χ2v) is 6.13. The molecule has 0 spiro atoms. The Labute approximate surface area is 131 Å². The van der Waals surface area contributed by atoms with Gasteiger partial charge in [-0.2, -0.15) is 0 Å². The zero-order chi connectivity index (χ0) is 14.2. The van der Waals surface area contributed by atoms with Gasteiger partial charge in [-0.1, -0.05) is 15.9 Å². The van der Waals surface area contributed by atoms with E-state index in [0.29, 0.717) is 10.0 Å². The van der Waals surface area contributed by atoms with E-state index >= 15 is 0 Å². The van der Waals surface area contributed by atoms with Crippen LogP contribution in [0.25, 0.3) is 0 Å². The summed E-state index contributed by atoms with van der Waals surface area (Å²) in [6.45, 7) is 1.50. The van der Waals surface area contributed by atoms with Gasteiger partial charge in [0.2, 0.25) is 0 Å². The molecule has 0 fully saturated rings. The molecule has 0 saturated heterocycles. The third kappa shape index (κ3) is 3.02. The van der Waals surface area contributed by atoms with Crippen LogP contribution < -0.4 is 0 Å². The molecule has 0 saturated carbocycles. The van der Waals surface area contributed by atoms with Crippen LogP contribution in [0.4, 0.5) is 8.78 Å². The smallest absolute Gasteiger partial charge is 0.197 e. The van der Waals surface area contributed by atoms with Crippen molar-refractivity contribution in [2.75, 3.05) is 0 Å². The Bertz CT molecular complexity index is 671. The molecule has 0 aliphatic heterocycles. The van der Waals surface area contributed by atoms with Crippen LogP contribution in [0.2, 0.25) is 0 Å². The van der Waals surface area contributed by atoms with Crippen LogP contribution in [-0.2, 0) is 0 Å². The van der Waals surface area contributed by atoms with E-state index in [2.05, 4.69) is 38.5 Å². The van der Waals surface area contributed by atoms with E-state index in [1.54, 1.807) is 12.1 Å². The van der Waals surface area contributed by atoms with Crippen LogP contribution in [0.1, 0.15) is 21.5 Å². The zero-order valence-corrected chi connectivity index (χ0v) is 13.6. The molecule has 98 valence electrons. The van der Waals surface area contributed by atoms with E-state index < -0.39 is 17.4 Å². The Kier molecular flexibility index (Phi) is 4.35. The van der Waals surface area contributed by atoms with E-state index in [-0.39, 0.29) is 11.1 Å². The highest BCUT2D eigenvalue weighted by molar-refractivity contribution is 14.1. The highest BCUT2D eigenvalue weighted by Gasteiger charge is 2.18. The molecule has 2 aromatic rings. The maximum atomic E-state index is 13.7. The zero-order valence-electron chi connectivity index (χ0n) is 9.81. The largest absolute Gasteiger partial charge is 0.288 e. The molecule has 0 bridgehead atoms. The highest BCUT2D eigenvalue weighted by Crippen LogP contribution is 2.24. The van der Waals surface area contributed by atoms with Crippen LogP contribution in [0, 0.1) is 22.1 Å². The molecule has 19 heavy (non-hydrogen) atoms. The van der Waals surface area contributed by atoms with Gasteiger partial charge >= 0.3 is 0 Å². The minimum Gasteiger partial charge on any atom is -0.288 e. The molecular weight excluding hydrogens is 429 g/mol. The third-order valence-corrected chi connectivity index (χ3v) is 4.03. The standard InChI is InChI=1S/C14H8BrF2IO/c1-7-4-10(13(17)6-12(7)16)14(19)9-5-8(18)2-3-11(9)15/h2-6H,1H3. The van der Waals surface area contributed by atoms with Crippen LogP contribution in [0.15, 0.2) is 34.8 Å². The van der Waals surface area contributed by atoms with Crippen molar-refractivity contribution in [1.29, 1.82) is 0 Å². The number of benzene rings is 2. The van der Waals surface area contributed by atoms with Crippen LogP contribution >= 0.6 is 38.5 Å². The van der Waals surface area contributed by atoms with Crippen molar-refractivity contribution in [2.45, 2.75) is 6.92 Å². The van der Waals surface area contributed by atoms with Crippen molar-refractivity contribution in [3.63, 3.8) is 0 Å².